The Labute approximate surface area is 103 Å². The third kappa shape index (κ3) is 2.98. The van der Waals surface area contributed by atoms with Gasteiger partial charge >= 0.3 is 0 Å². The van der Waals surface area contributed by atoms with Crippen LogP contribution in [0.5, 0.6) is 0 Å². The second-order valence-corrected chi connectivity index (χ2v) is 5.46. The number of hydrogen-bond acceptors (Lipinski definition) is 3. The van der Waals surface area contributed by atoms with E-state index in [0.717, 1.165) is 21.9 Å². The quantitative estimate of drug-likeness (QED) is 0.902. The highest BCUT2D eigenvalue weighted by Crippen LogP contribution is 2.19. The second-order valence-electron chi connectivity index (χ2n) is 3.46. The number of hydrogen-bond donors (Lipinski definition) is 1. The van der Waals surface area contributed by atoms with E-state index >= 15 is 0 Å². The van der Waals surface area contributed by atoms with Crippen molar-refractivity contribution in [3.05, 3.63) is 34.3 Å². The maximum Gasteiger partial charge on any atom is 0.157 e. The lowest BCUT2D eigenvalue weighted by atomic mass is 10.1. The van der Waals surface area contributed by atoms with Gasteiger partial charge in [0.2, 0.25) is 0 Å². The average Bonchev–Trinajstić information content (AvgIpc) is 2.70. The number of thioether (sulfide) groups is 1. The van der Waals surface area contributed by atoms with Crippen molar-refractivity contribution >= 4 is 32.9 Å². The minimum absolute atomic E-state index is 0.312. The highest BCUT2D eigenvalue weighted by Gasteiger charge is 2.11. The summed E-state index contributed by atoms with van der Waals surface area (Å²) >= 11 is 5.28. The molecule has 1 aromatic rings. The maximum absolute atomic E-state index is 4.38. The summed E-state index contributed by atoms with van der Waals surface area (Å²) in [6.07, 6.45) is 0. The summed E-state index contributed by atoms with van der Waals surface area (Å²) < 4.78 is 1.12. The zero-order valence-corrected chi connectivity index (χ0v) is 10.9. The second kappa shape index (κ2) is 5.03. The molecule has 1 N–H and O–H groups in total. The topological polar surface area (TPSA) is 24.4 Å². The molecule has 0 aliphatic carbocycles. The zero-order valence-electron chi connectivity index (χ0n) is 8.53. The first-order chi connectivity index (χ1) is 7.25. The molecule has 4 heteroatoms. The Morgan fingerprint density at radius 2 is 2.40 bits per heavy atom. The fraction of sp³-hybridized carbons (Fsp3) is 0.364. The smallest absolute Gasteiger partial charge is 0.157 e. The van der Waals surface area contributed by atoms with E-state index in [9.17, 15) is 0 Å². The summed E-state index contributed by atoms with van der Waals surface area (Å²) in [4.78, 5) is 4.38. The molecule has 0 amide bonds. The molecule has 0 spiro atoms. The van der Waals surface area contributed by atoms with E-state index < -0.39 is 0 Å². The van der Waals surface area contributed by atoms with Crippen LogP contribution in [0, 0.1) is 0 Å². The summed E-state index contributed by atoms with van der Waals surface area (Å²) in [5, 5.41) is 4.49. The minimum Gasteiger partial charge on any atom is -0.358 e. The number of aliphatic imine (C=N–C) groups is 1. The standard InChI is InChI=1S/C11H13BrN2S/c1-8(14-11-13-5-6-15-11)9-3-2-4-10(12)7-9/h2-4,7-8H,5-6H2,1H3,(H,13,14). The predicted molar refractivity (Wildman–Crippen MR) is 70.5 cm³/mol. The molecule has 1 aliphatic rings. The van der Waals surface area contributed by atoms with E-state index in [1.807, 2.05) is 6.07 Å². The van der Waals surface area contributed by atoms with Gasteiger partial charge in [0.05, 0.1) is 12.6 Å². The SMILES string of the molecule is CC(NC1=NCCS1)c1cccc(Br)c1. The Morgan fingerprint density at radius 3 is 3.07 bits per heavy atom. The molecule has 0 saturated heterocycles. The van der Waals surface area contributed by atoms with Crippen LogP contribution in [0.25, 0.3) is 0 Å². The fourth-order valence-corrected chi connectivity index (χ4v) is 2.70. The molecule has 2 rings (SSSR count). The molecule has 0 fully saturated rings. The first-order valence-corrected chi connectivity index (χ1v) is 6.73. The van der Waals surface area contributed by atoms with E-state index in [4.69, 9.17) is 0 Å². The fourth-order valence-electron chi connectivity index (χ4n) is 1.47. The molecular weight excluding hydrogens is 272 g/mol. The number of amidine groups is 1. The van der Waals surface area contributed by atoms with Crippen molar-refractivity contribution in [1.29, 1.82) is 0 Å². The van der Waals surface area contributed by atoms with Gasteiger partial charge in [0.15, 0.2) is 5.17 Å². The third-order valence-electron chi connectivity index (χ3n) is 2.27. The molecule has 1 unspecified atom stereocenters. The van der Waals surface area contributed by atoms with Crippen LogP contribution >= 0.6 is 27.7 Å². The highest BCUT2D eigenvalue weighted by atomic mass is 79.9. The number of nitrogens with zero attached hydrogens (tertiary/aromatic N) is 1. The van der Waals surface area contributed by atoms with Crippen molar-refractivity contribution in [2.45, 2.75) is 13.0 Å². The Kier molecular flexibility index (Phi) is 3.70. The predicted octanol–water partition coefficient (Wildman–Crippen LogP) is 3.20. The van der Waals surface area contributed by atoms with Crippen molar-refractivity contribution in [1.82, 2.24) is 5.32 Å². The molecule has 1 atom stereocenters. The van der Waals surface area contributed by atoms with Crippen molar-refractivity contribution in [3.8, 4) is 0 Å². The van der Waals surface area contributed by atoms with Gasteiger partial charge in [0.1, 0.15) is 0 Å². The molecule has 80 valence electrons. The molecule has 0 bridgehead atoms. The molecule has 15 heavy (non-hydrogen) atoms. The van der Waals surface area contributed by atoms with Crippen LogP contribution in [0.4, 0.5) is 0 Å². The van der Waals surface area contributed by atoms with Crippen LogP contribution in [-0.2, 0) is 0 Å². The molecule has 0 radical (unpaired) electrons. The molecule has 1 aromatic carbocycles. The van der Waals surface area contributed by atoms with E-state index in [1.54, 1.807) is 11.8 Å². The van der Waals surface area contributed by atoms with Gasteiger partial charge in [-0.3, -0.25) is 4.99 Å². The van der Waals surface area contributed by atoms with Crippen molar-refractivity contribution < 1.29 is 0 Å². The van der Waals surface area contributed by atoms with E-state index in [0.29, 0.717) is 6.04 Å². The van der Waals surface area contributed by atoms with Gasteiger partial charge in [0, 0.05) is 10.2 Å². The van der Waals surface area contributed by atoms with Gasteiger partial charge < -0.3 is 5.32 Å². The van der Waals surface area contributed by atoms with E-state index in [2.05, 4.69) is 51.4 Å². The van der Waals surface area contributed by atoms with Gasteiger partial charge in [0.25, 0.3) is 0 Å². The number of benzene rings is 1. The average molecular weight is 285 g/mol. The monoisotopic (exact) mass is 284 g/mol. The zero-order chi connectivity index (χ0) is 10.7. The minimum atomic E-state index is 0.312. The van der Waals surface area contributed by atoms with Crippen molar-refractivity contribution in [2.24, 2.45) is 4.99 Å². The van der Waals surface area contributed by atoms with Gasteiger partial charge in [-0.15, -0.1) is 0 Å². The number of nitrogens with one attached hydrogen (secondary N) is 1. The Balaban J connectivity index is 2.04. The van der Waals surface area contributed by atoms with Gasteiger partial charge in [-0.05, 0) is 24.6 Å². The van der Waals surface area contributed by atoms with Crippen LogP contribution in [0.2, 0.25) is 0 Å². The van der Waals surface area contributed by atoms with Gasteiger partial charge in [-0.1, -0.05) is 39.8 Å². The van der Waals surface area contributed by atoms with Crippen LogP contribution in [0.15, 0.2) is 33.7 Å². The lowest BCUT2D eigenvalue weighted by molar-refractivity contribution is 0.722. The first-order valence-electron chi connectivity index (χ1n) is 4.95. The molecule has 1 heterocycles. The van der Waals surface area contributed by atoms with E-state index in [-0.39, 0.29) is 0 Å². The number of halogens is 1. The lowest BCUT2D eigenvalue weighted by Gasteiger charge is -2.14. The first kappa shape index (κ1) is 11.0. The summed E-state index contributed by atoms with van der Waals surface area (Å²) in [5.74, 6) is 1.10. The van der Waals surface area contributed by atoms with Crippen molar-refractivity contribution in [3.63, 3.8) is 0 Å². The Bertz CT molecular complexity index is 379. The molecule has 0 saturated carbocycles. The lowest BCUT2D eigenvalue weighted by Crippen LogP contribution is -2.22. The molecule has 1 aliphatic heterocycles. The third-order valence-corrected chi connectivity index (χ3v) is 3.67. The van der Waals surface area contributed by atoms with Crippen LogP contribution in [0.3, 0.4) is 0 Å². The molecular formula is C11H13BrN2S. The Hall–Kier alpha value is -0.480. The number of rotatable bonds is 2. The van der Waals surface area contributed by atoms with Gasteiger partial charge in [-0.25, -0.2) is 0 Å². The van der Waals surface area contributed by atoms with Crippen LogP contribution < -0.4 is 5.32 Å². The maximum atomic E-state index is 4.38. The van der Waals surface area contributed by atoms with Gasteiger partial charge in [-0.2, -0.15) is 0 Å². The van der Waals surface area contributed by atoms with E-state index in [1.165, 1.54) is 5.56 Å². The summed E-state index contributed by atoms with van der Waals surface area (Å²) in [7, 11) is 0. The summed E-state index contributed by atoms with van der Waals surface area (Å²) in [5.41, 5.74) is 1.28. The molecule has 0 aromatic heterocycles. The van der Waals surface area contributed by atoms with Crippen molar-refractivity contribution in [2.75, 3.05) is 12.3 Å². The van der Waals surface area contributed by atoms with Crippen LogP contribution in [0.1, 0.15) is 18.5 Å². The van der Waals surface area contributed by atoms with Crippen LogP contribution in [-0.4, -0.2) is 17.5 Å². The molecule has 2 nitrogen and oxygen atoms in total. The largest absolute Gasteiger partial charge is 0.358 e. The normalized spacial score (nSPS) is 17.3. The highest BCUT2D eigenvalue weighted by molar-refractivity contribution is 9.10. The summed E-state index contributed by atoms with van der Waals surface area (Å²) in [6.45, 7) is 3.10. The summed E-state index contributed by atoms with van der Waals surface area (Å²) in [6, 6.07) is 8.67. The Morgan fingerprint density at radius 1 is 1.53 bits per heavy atom.